The van der Waals surface area contributed by atoms with Gasteiger partial charge in [-0.1, -0.05) is 134 Å². The molecule has 0 radical (unpaired) electrons. The lowest BCUT2D eigenvalue weighted by Crippen LogP contribution is -2.44. The van der Waals surface area contributed by atoms with E-state index in [4.69, 9.17) is 9.98 Å². The van der Waals surface area contributed by atoms with E-state index in [9.17, 15) is 0 Å². The van der Waals surface area contributed by atoms with Gasteiger partial charge in [-0.2, -0.15) is 0 Å². The van der Waals surface area contributed by atoms with E-state index in [0.717, 1.165) is 68.6 Å². The van der Waals surface area contributed by atoms with Crippen molar-refractivity contribution in [1.29, 1.82) is 0 Å². The summed E-state index contributed by atoms with van der Waals surface area (Å²) in [6, 6.07) is 18.9. The minimum absolute atomic E-state index is 0.0144. The Morgan fingerprint density at radius 3 is 2.45 bits per heavy atom. The summed E-state index contributed by atoms with van der Waals surface area (Å²) >= 11 is 0. The van der Waals surface area contributed by atoms with Gasteiger partial charge in [0.25, 0.3) is 0 Å². The number of hydrogen-bond acceptors (Lipinski definition) is 4. The van der Waals surface area contributed by atoms with Crippen molar-refractivity contribution in [2.75, 3.05) is 0 Å². The third-order valence-corrected chi connectivity index (χ3v) is 13.9. The predicted molar refractivity (Wildman–Crippen MR) is 233 cm³/mol. The van der Waals surface area contributed by atoms with Gasteiger partial charge in [-0.3, -0.25) is 5.32 Å². The second-order valence-electron chi connectivity index (χ2n) is 17.3. The van der Waals surface area contributed by atoms with Crippen LogP contribution in [0.5, 0.6) is 0 Å². The molecule has 0 bridgehead atoms. The maximum absolute atomic E-state index is 5.48. The van der Waals surface area contributed by atoms with Crippen LogP contribution in [0.25, 0.3) is 5.57 Å². The second-order valence-corrected chi connectivity index (χ2v) is 17.3. The average Bonchev–Trinajstić information content (AvgIpc) is 3.29. The van der Waals surface area contributed by atoms with Crippen molar-refractivity contribution in [2.45, 2.75) is 94.8 Å². The van der Waals surface area contributed by atoms with Gasteiger partial charge in [-0.05, 0) is 134 Å². The van der Waals surface area contributed by atoms with Gasteiger partial charge in [0.15, 0.2) is 5.84 Å². The predicted octanol–water partition coefficient (Wildman–Crippen LogP) is 11.6. The van der Waals surface area contributed by atoms with Gasteiger partial charge in [-0.15, -0.1) is 0 Å². The van der Waals surface area contributed by atoms with Gasteiger partial charge in [0.1, 0.15) is 12.0 Å². The fourth-order valence-electron chi connectivity index (χ4n) is 11.1. The number of nitrogens with zero attached hydrogens (tertiary/aromatic N) is 2. The van der Waals surface area contributed by atoms with Gasteiger partial charge in [0, 0.05) is 23.1 Å². The fourth-order valence-corrected chi connectivity index (χ4v) is 11.1. The molecule has 1 saturated carbocycles. The zero-order valence-corrected chi connectivity index (χ0v) is 32.6. The van der Waals surface area contributed by atoms with E-state index in [0.29, 0.717) is 35.5 Å². The maximum atomic E-state index is 5.48. The first-order chi connectivity index (χ1) is 27.7. The van der Waals surface area contributed by atoms with Crippen molar-refractivity contribution < 1.29 is 0 Å². The molecule has 284 valence electrons. The maximum Gasteiger partial charge on any atom is 0.159 e. The molecule has 1 fully saturated rings. The van der Waals surface area contributed by atoms with Crippen molar-refractivity contribution in [3.63, 3.8) is 0 Å². The number of fused-ring (bicyclic) bond motifs is 3. The molecule has 9 atom stereocenters. The summed E-state index contributed by atoms with van der Waals surface area (Å²) in [7, 11) is 0. The number of nitrogens with one attached hydrogen (secondary N) is 2. The van der Waals surface area contributed by atoms with Crippen LogP contribution in [0.3, 0.4) is 0 Å². The normalized spacial score (nSPS) is 33.3. The van der Waals surface area contributed by atoms with Gasteiger partial charge >= 0.3 is 0 Å². The van der Waals surface area contributed by atoms with E-state index in [1.807, 2.05) is 0 Å². The Hall–Kier alpha value is -4.80. The van der Waals surface area contributed by atoms with Crippen LogP contribution in [0.2, 0.25) is 0 Å². The van der Waals surface area contributed by atoms with Crippen molar-refractivity contribution in [3.8, 4) is 0 Å². The summed E-state index contributed by atoms with van der Waals surface area (Å²) in [4.78, 5) is 10.9. The van der Waals surface area contributed by atoms with Crippen molar-refractivity contribution in [3.05, 3.63) is 173 Å². The van der Waals surface area contributed by atoms with Gasteiger partial charge < -0.3 is 5.32 Å². The van der Waals surface area contributed by atoms with Crippen LogP contribution >= 0.6 is 0 Å². The Morgan fingerprint density at radius 2 is 1.61 bits per heavy atom. The number of hydrogen-bond donors (Lipinski definition) is 2. The molecule has 0 saturated heterocycles. The molecule has 4 nitrogen and oxygen atoms in total. The molecule has 10 rings (SSSR count). The Morgan fingerprint density at radius 1 is 0.732 bits per heavy atom. The Kier molecular flexibility index (Phi) is 10.2. The van der Waals surface area contributed by atoms with Crippen LogP contribution in [0, 0.1) is 29.6 Å². The molecule has 2 aromatic rings. The standard InChI is InChI=1S/C52H56N4/c1-5-17-35(18-6-1)48-33-41(34-49(53-48)36-19-7-2-8-20-36)43-30-29-40(32-46(43)47-31-39-25-13-14-26-42(39)44-27-15-16-28-45(44)47)52-55-50(37-21-9-3-10-22-37)54-51(56-52)38-23-11-4-12-24-38/h1,3,5-7,9,11,13-15,17-20,23-27,29-30,32-33,37,39,42,44-45,47-50,53H,2,4,8,10,12,16,21-22,28,31,34H2,(H,54,55,56). The molecule has 2 heterocycles. The first-order valence-electron chi connectivity index (χ1n) is 21.7. The van der Waals surface area contributed by atoms with E-state index in [-0.39, 0.29) is 18.2 Å². The molecular weight excluding hydrogens is 681 g/mol. The summed E-state index contributed by atoms with van der Waals surface area (Å²) in [5.41, 5.74) is 9.52. The molecule has 0 amide bonds. The minimum atomic E-state index is 0.0144. The number of rotatable bonds is 7. The SMILES string of the molecule is C1=CC2CC(c3cc(C4=NC(C5CC=CCC5)NC(C5=CCCC=C5)=N4)ccc3C3=CC(c4ccccc4)NC(C4=CCCC=C4)C3)C3CCC=CC3C2C=C1. The Bertz CT molecular complexity index is 2150. The second kappa shape index (κ2) is 16.0. The average molecular weight is 737 g/mol. The molecule has 56 heavy (non-hydrogen) atoms. The van der Waals surface area contributed by atoms with Crippen LogP contribution in [-0.4, -0.2) is 23.9 Å². The minimum Gasteiger partial charge on any atom is -0.348 e. The lowest BCUT2D eigenvalue weighted by Gasteiger charge is -2.48. The number of allylic oxidation sites excluding steroid dienone is 12. The third-order valence-electron chi connectivity index (χ3n) is 13.9. The van der Waals surface area contributed by atoms with Crippen LogP contribution < -0.4 is 10.6 Å². The smallest absolute Gasteiger partial charge is 0.159 e. The Labute approximate surface area is 334 Å². The first-order valence-corrected chi connectivity index (χ1v) is 21.7. The summed E-state index contributed by atoms with van der Waals surface area (Å²) < 4.78 is 0. The monoisotopic (exact) mass is 736 g/mol. The number of amidine groups is 2. The summed E-state index contributed by atoms with van der Waals surface area (Å²) in [6.07, 6.45) is 48.3. The largest absolute Gasteiger partial charge is 0.348 e. The number of aliphatic imine (C=N–C) groups is 2. The van der Waals surface area contributed by atoms with E-state index in [2.05, 4.69) is 150 Å². The van der Waals surface area contributed by atoms with Crippen molar-refractivity contribution in [2.24, 2.45) is 39.6 Å². The molecule has 0 spiro atoms. The molecule has 4 heteroatoms. The lowest BCUT2D eigenvalue weighted by molar-refractivity contribution is 0.139. The highest BCUT2D eigenvalue weighted by Crippen LogP contribution is 2.54. The highest BCUT2D eigenvalue weighted by molar-refractivity contribution is 6.14. The van der Waals surface area contributed by atoms with E-state index in [1.165, 1.54) is 52.7 Å². The highest BCUT2D eigenvalue weighted by atomic mass is 15.2. The van der Waals surface area contributed by atoms with E-state index in [1.54, 1.807) is 0 Å². The molecule has 6 aliphatic carbocycles. The van der Waals surface area contributed by atoms with Gasteiger partial charge in [0.05, 0.1) is 6.04 Å². The zero-order chi connectivity index (χ0) is 37.3. The highest BCUT2D eigenvalue weighted by Gasteiger charge is 2.44. The molecule has 2 N–H and O–H groups in total. The first kappa shape index (κ1) is 35.6. The molecule has 0 aromatic heterocycles. The van der Waals surface area contributed by atoms with Crippen LogP contribution in [0.1, 0.15) is 105 Å². The van der Waals surface area contributed by atoms with E-state index < -0.39 is 0 Å². The Balaban J connectivity index is 1.11. The summed E-state index contributed by atoms with van der Waals surface area (Å²) in [5, 5.41) is 7.89. The summed E-state index contributed by atoms with van der Waals surface area (Å²) in [6.45, 7) is 0. The summed E-state index contributed by atoms with van der Waals surface area (Å²) in [5.74, 6) is 5.07. The molecule has 2 aromatic carbocycles. The molecule has 2 aliphatic heterocycles. The quantitative estimate of drug-likeness (QED) is 0.278. The van der Waals surface area contributed by atoms with Crippen LogP contribution in [-0.2, 0) is 0 Å². The molecular formula is C52H56N4. The molecule has 8 aliphatic rings. The fraction of sp³-hybridized carbons (Fsp3) is 0.385. The molecule has 9 unspecified atom stereocenters. The zero-order valence-electron chi connectivity index (χ0n) is 32.6. The van der Waals surface area contributed by atoms with Crippen LogP contribution in [0.15, 0.2) is 161 Å². The van der Waals surface area contributed by atoms with Gasteiger partial charge in [0.2, 0.25) is 0 Å². The van der Waals surface area contributed by atoms with Crippen LogP contribution in [0.4, 0.5) is 0 Å². The number of benzene rings is 2. The topological polar surface area (TPSA) is 48.8 Å². The third kappa shape index (κ3) is 7.18. The van der Waals surface area contributed by atoms with Crippen molar-refractivity contribution >= 4 is 17.2 Å². The van der Waals surface area contributed by atoms with E-state index >= 15 is 0 Å². The lowest BCUT2D eigenvalue weighted by atomic mass is 9.56. The van der Waals surface area contributed by atoms with Crippen molar-refractivity contribution in [1.82, 2.24) is 10.6 Å². The van der Waals surface area contributed by atoms with Gasteiger partial charge in [-0.25, -0.2) is 9.98 Å².